The van der Waals surface area contributed by atoms with Gasteiger partial charge in [0.2, 0.25) is 11.7 Å². The Kier molecular flexibility index (Phi) is 5.51. The van der Waals surface area contributed by atoms with Gasteiger partial charge in [-0.05, 0) is 61.6 Å². The van der Waals surface area contributed by atoms with E-state index in [2.05, 4.69) is 20.5 Å². The lowest BCUT2D eigenvalue weighted by Gasteiger charge is -2.13. The first-order valence-electron chi connectivity index (χ1n) is 9.44. The number of furan rings is 1. The molecule has 0 saturated heterocycles. The molecule has 1 aromatic carbocycles. The van der Waals surface area contributed by atoms with Gasteiger partial charge in [-0.25, -0.2) is 4.98 Å². The zero-order valence-corrected chi connectivity index (χ0v) is 15.4. The van der Waals surface area contributed by atoms with Crippen molar-refractivity contribution >= 4 is 12.0 Å². The van der Waals surface area contributed by atoms with Crippen molar-refractivity contribution in [1.82, 2.24) is 20.5 Å². The zero-order chi connectivity index (χ0) is 19.2. The Morgan fingerprint density at radius 3 is 3.00 bits per heavy atom. The normalized spacial score (nSPS) is 14.6. The quantitative estimate of drug-likeness (QED) is 0.611. The minimum atomic E-state index is -0.210. The number of rotatable bonds is 7. The smallest absolute Gasteiger partial charge is 0.244 e. The largest absolute Gasteiger partial charge is 0.490 e. The second-order valence-electron chi connectivity index (χ2n) is 6.73. The lowest BCUT2D eigenvalue weighted by Crippen LogP contribution is -2.20. The molecule has 2 heterocycles. The first-order valence-corrected chi connectivity index (χ1v) is 9.44. The number of hydrogen-bond acceptors (Lipinski definition) is 5. The summed E-state index contributed by atoms with van der Waals surface area (Å²) in [4.78, 5) is 16.4. The molecule has 7 heteroatoms. The summed E-state index contributed by atoms with van der Waals surface area (Å²) in [5.41, 5.74) is 0.922. The zero-order valence-electron chi connectivity index (χ0n) is 15.4. The molecule has 1 aliphatic rings. The number of ether oxygens (including phenoxy) is 1. The van der Waals surface area contributed by atoms with E-state index in [0.717, 1.165) is 24.2 Å². The Hall–Kier alpha value is -3.35. The molecular weight excluding hydrogens is 356 g/mol. The van der Waals surface area contributed by atoms with Crippen LogP contribution in [0.2, 0.25) is 0 Å². The fourth-order valence-corrected chi connectivity index (χ4v) is 3.18. The Morgan fingerprint density at radius 1 is 1.29 bits per heavy atom. The van der Waals surface area contributed by atoms with E-state index in [9.17, 15) is 4.79 Å². The predicted octanol–water partition coefficient (Wildman–Crippen LogP) is 3.72. The summed E-state index contributed by atoms with van der Waals surface area (Å²) in [6.07, 6.45) is 9.85. The number of nitrogens with zero attached hydrogens (tertiary/aromatic N) is 2. The van der Waals surface area contributed by atoms with Gasteiger partial charge in [0.1, 0.15) is 11.6 Å². The van der Waals surface area contributed by atoms with Gasteiger partial charge in [0.15, 0.2) is 5.76 Å². The van der Waals surface area contributed by atoms with Gasteiger partial charge in [-0.1, -0.05) is 12.1 Å². The van der Waals surface area contributed by atoms with E-state index >= 15 is 0 Å². The highest BCUT2D eigenvalue weighted by Gasteiger charge is 2.16. The monoisotopic (exact) mass is 378 g/mol. The van der Waals surface area contributed by atoms with Crippen molar-refractivity contribution in [3.63, 3.8) is 0 Å². The highest BCUT2D eigenvalue weighted by Crippen LogP contribution is 2.24. The first-order chi connectivity index (χ1) is 13.8. The van der Waals surface area contributed by atoms with Gasteiger partial charge in [-0.3, -0.25) is 9.89 Å². The SMILES string of the molecule is O=C(C=Cc1cccc(OC2CCCC2)c1)NCc1nc(-c2ccco2)n[nH]1. The minimum Gasteiger partial charge on any atom is -0.490 e. The number of carbonyl (C=O) groups excluding carboxylic acids is 1. The van der Waals surface area contributed by atoms with Crippen molar-refractivity contribution in [3.05, 3.63) is 60.1 Å². The number of amides is 1. The molecule has 1 aliphatic carbocycles. The van der Waals surface area contributed by atoms with Crippen molar-refractivity contribution in [1.29, 1.82) is 0 Å². The van der Waals surface area contributed by atoms with Gasteiger partial charge in [0.25, 0.3) is 0 Å². The topological polar surface area (TPSA) is 93.0 Å². The molecule has 0 unspecified atom stereocenters. The minimum absolute atomic E-state index is 0.210. The number of carbonyl (C=O) groups is 1. The van der Waals surface area contributed by atoms with Crippen LogP contribution in [0, 0.1) is 0 Å². The fraction of sp³-hybridized carbons (Fsp3) is 0.286. The number of hydrogen-bond donors (Lipinski definition) is 2. The van der Waals surface area contributed by atoms with Crippen LogP contribution in [0.1, 0.15) is 37.1 Å². The van der Waals surface area contributed by atoms with Gasteiger partial charge in [-0.2, -0.15) is 0 Å². The molecule has 2 N–H and O–H groups in total. The number of benzene rings is 1. The van der Waals surface area contributed by atoms with Crippen LogP contribution in [-0.2, 0) is 11.3 Å². The molecular formula is C21H22N4O3. The summed E-state index contributed by atoms with van der Waals surface area (Å²) in [6, 6.07) is 11.3. The average Bonchev–Trinajstić information content (AvgIpc) is 3.47. The van der Waals surface area contributed by atoms with E-state index < -0.39 is 0 Å². The average molecular weight is 378 g/mol. The Morgan fingerprint density at radius 2 is 2.18 bits per heavy atom. The van der Waals surface area contributed by atoms with Crippen molar-refractivity contribution in [3.8, 4) is 17.3 Å². The van der Waals surface area contributed by atoms with E-state index in [1.807, 2.05) is 24.3 Å². The predicted molar refractivity (Wildman–Crippen MR) is 104 cm³/mol. The number of nitrogens with one attached hydrogen (secondary N) is 2. The number of H-pyrrole nitrogens is 1. The van der Waals surface area contributed by atoms with Gasteiger partial charge in [0.05, 0.1) is 18.9 Å². The van der Waals surface area contributed by atoms with Gasteiger partial charge < -0.3 is 14.5 Å². The Labute approximate surface area is 162 Å². The third kappa shape index (κ3) is 4.68. The van der Waals surface area contributed by atoms with E-state index in [1.54, 1.807) is 24.5 Å². The molecule has 3 aromatic rings. The highest BCUT2D eigenvalue weighted by molar-refractivity contribution is 5.91. The van der Waals surface area contributed by atoms with Crippen molar-refractivity contribution in [2.75, 3.05) is 0 Å². The third-order valence-electron chi connectivity index (χ3n) is 4.59. The van der Waals surface area contributed by atoms with E-state index in [4.69, 9.17) is 9.15 Å². The summed E-state index contributed by atoms with van der Waals surface area (Å²) in [5, 5.41) is 9.64. The number of aromatic nitrogens is 3. The molecule has 0 spiro atoms. The van der Waals surface area contributed by atoms with Crippen LogP contribution in [-0.4, -0.2) is 27.2 Å². The van der Waals surface area contributed by atoms with E-state index in [0.29, 0.717) is 23.5 Å². The Bertz CT molecular complexity index is 940. The van der Waals surface area contributed by atoms with Gasteiger partial charge >= 0.3 is 0 Å². The summed E-state index contributed by atoms with van der Waals surface area (Å²) < 4.78 is 11.2. The molecule has 4 rings (SSSR count). The molecule has 144 valence electrons. The van der Waals surface area contributed by atoms with E-state index in [1.165, 1.54) is 18.9 Å². The maximum atomic E-state index is 12.1. The molecule has 1 fully saturated rings. The highest BCUT2D eigenvalue weighted by atomic mass is 16.5. The second-order valence-corrected chi connectivity index (χ2v) is 6.73. The maximum absolute atomic E-state index is 12.1. The molecule has 0 bridgehead atoms. The molecule has 28 heavy (non-hydrogen) atoms. The van der Waals surface area contributed by atoms with Crippen LogP contribution in [0.15, 0.2) is 53.2 Å². The summed E-state index contributed by atoms with van der Waals surface area (Å²) in [6.45, 7) is 0.252. The molecule has 2 aromatic heterocycles. The van der Waals surface area contributed by atoms with E-state index in [-0.39, 0.29) is 12.5 Å². The molecule has 0 radical (unpaired) electrons. The second kappa shape index (κ2) is 8.56. The van der Waals surface area contributed by atoms with Crippen molar-refractivity contribution < 1.29 is 13.9 Å². The third-order valence-corrected chi connectivity index (χ3v) is 4.59. The lowest BCUT2D eigenvalue weighted by molar-refractivity contribution is -0.116. The van der Waals surface area contributed by atoms with Crippen LogP contribution in [0.5, 0.6) is 5.75 Å². The molecule has 1 saturated carbocycles. The Balaban J connectivity index is 1.29. The summed E-state index contributed by atoms with van der Waals surface area (Å²) in [5.74, 6) is 2.23. The lowest BCUT2D eigenvalue weighted by atomic mass is 10.2. The van der Waals surface area contributed by atoms with Crippen molar-refractivity contribution in [2.45, 2.75) is 38.3 Å². The maximum Gasteiger partial charge on any atom is 0.244 e. The van der Waals surface area contributed by atoms with Gasteiger partial charge in [0, 0.05) is 6.08 Å². The standard InChI is InChI=1S/C21H22N4O3/c26-20(22-14-19-23-21(25-24-19)18-9-4-12-27-18)11-10-15-5-3-8-17(13-15)28-16-6-1-2-7-16/h3-5,8-13,16H,1-2,6-7,14H2,(H,22,26)(H,23,24,25). The molecule has 0 aliphatic heterocycles. The molecule has 7 nitrogen and oxygen atoms in total. The van der Waals surface area contributed by atoms with Crippen LogP contribution in [0.4, 0.5) is 0 Å². The molecule has 0 atom stereocenters. The summed E-state index contributed by atoms with van der Waals surface area (Å²) >= 11 is 0. The van der Waals surface area contributed by atoms with Crippen molar-refractivity contribution in [2.24, 2.45) is 0 Å². The van der Waals surface area contributed by atoms with Crippen LogP contribution in [0.25, 0.3) is 17.7 Å². The number of aromatic amines is 1. The first kappa shape index (κ1) is 18.0. The van der Waals surface area contributed by atoms with Gasteiger partial charge in [-0.15, -0.1) is 5.10 Å². The molecule has 1 amide bonds. The van der Waals surface area contributed by atoms with Crippen LogP contribution >= 0.6 is 0 Å². The van der Waals surface area contributed by atoms with Crippen LogP contribution in [0.3, 0.4) is 0 Å². The fourth-order valence-electron chi connectivity index (χ4n) is 3.18. The van der Waals surface area contributed by atoms with Crippen LogP contribution < -0.4 is 10.1 Å². The summed E-state index contributed by atoms with van der Waals surface area (Å²) in [7, 11) is 0.